The molecule has 0 unspecified atom stereocenters. The lowest BCUT2D eigenvalue weighted by atomic mass is 10.1. The number of pyridine rings is 1. The van der Waals surface area contributed by atoms with Gasteiger partial charge in [0.1, 0.15) is 10.8 Å². The molecule has 0 aliphatic carbocycles. The third-order valence-electron chi connectivity index (χ3n) is 5.37. The summed E-state index contributed by atoms with van der Waals surface area (Å²) in [6.07, 6.45) is 1.30. The second-order valence-electron chi connectivity index (χ2n) is 7.96. The van der Waals surface area contributed by atoms with Crippen LogP contribution in [-0.4, -0.2) is 35.4 Å². The number of hydrogen-bond donors (Lipinski definition) is 2. The van der Waals surface area contributed by atoms with Crippen LogP contribution in [0.2, 0.25) is 0 Å². The van der Waals surface area contributed by atoms with E-state index in [1.807, 2.05) is 0 Å². The third-order valence-corrected chi connectivity index (χ3v) is 6.25. The van der Waals surface area contributed by atoms with Gasteiger partial charge in [0, 0.05) is 42.1 Å². The van der Waals surface area contributed by atoms with Gasteiger partial charge < -0.3 is 11.1 Å². The number of thiazole rings is 1. The number of nitrogens with one attached hydrogen (secondary N) is 1. The summed E-state index contributed by atoms with van der Waals surface area (Å²) >= 11 is 1.37. The molecular weight excluding hydrogens is 493 g/mol. The lowest BCUT2D eigenvalue weighted by Gasteiger charge is -2.08. The summed E-state index contributed by atoms with van der Waals surface area (Å²) in [4.78, 5) is 21.2. The molecule has 0 saturated carbocycles. The molecule has 0 aliphatic heterocycles. The average Bonchev–Trinajstić information content (AvgIpc) is 3.60. The molecule has 0 radical (unpaired) electrons. The highest BCUT2D eigenvalue weighted by molar-refractivity contribution is 7.09. The van der Waals surface area contributed by atoms with Crippen molar-refractivity contribution in [1.82, 2.24) is 34.8 Å². The van der Waals surface area contributed by atoms with Gasteiger partial charge in [-0.3, -0.25) is 14.2 Å². The van der Waals surface area contributed by atoms with E-state index in [0.717, 1.165) is 26.7 Å². The predicted octanol–water partition coefficient (Wildman–Crippen LogP) is 3.71. The minimum atomic E-state index is -4.79. The van der Waals surface area contributed by atoms with Crippen LogP contribution in [0.25, 0.3) is 10.8 Å². The SMILES string of the molecule is Nc1nccc2cc(CNC(=O)c3cn(Cc4csc(Cn5cccn5)n4)nc3C(F)(F)F)ccc12. The van der Waals surface area contributed by atoms with E-state index in [9.17, 15) is 18.0 Å². The molecule has 5 aromatic rings. The first-order valence-corrected chi connectivity index (χ1v) is 11.6. The second-order valence-corrected chi connectivity index (χ2v) is 8.90. The smallest absolute Gasteiger partial charge is 0.383 e. The van der Waals surface area contributed by atoms with Crippen LogP contribution in [0.1, 0.15) is 32.3 Å². The zero-order valence-electron chi connectivity index (χ0n) is 18.6. The fourth-order valence-electron chi connectivity index (χ4n) is 3.71. The van der Waals surface area contributed by atoms with Gasteiger partial charge in [-0.2, -0.15) is 23.4 Å². The van der Waals surface area contributed by atoms with Gasteiger partial charge in [0.05, 0.1) is 24.3 Å². The molecule has 5 rings (SSSR count). The first kappa shape index (κ1) is 23.5. The first-order valence-electron chi connectivity index (χ1n) is 10.7. The summed E-state index contributed by atoms with van der Waals surface area (Å²) in [6.45, 7) is 0.477. The predicted molar refractivity (Wildman–Crippen MR) is 127 cm³/mol. The van der Waals surface area contributed by atoms with Gasteiger partial charge in [-0.05, 0) is 29.1 Å². The van der Waals surface area contributed by atoms with Gasteiger partial charge >= 0.3 is 6.18 Å². The Bertz CT molecular complexity index is 1520. The molecule has 3 N–H and O–H groups in total. The molecule has 184 valence electrons. The van der Waals surface area contributed by atoms with Crippen molar-refractivity contribution in [2.75, 3.05) is 5.73 Å². The van der Waals surface area contributed by atoms with Gasteiger partial charge in [0.25, 0.3) is 5.91 Å². The standard InChI is InChI=1S/C23H19F3N8OS/c24-23(25,26)20-18(22(35)29-9-14-2-3-17-15(8-14)4-6-28-21(17)27)11-34(32-20)10-16-13-36-19(31-16)12-33-7-1-5-30-33/h1-8,11,13H,9-10,12H2,(H2,27,28)(H,29,35). The molecule has 0 atom stereocenters. The minimum absolute atomic E-state index is 0.00784. The zero-order valence-corrected chi connectivity index (χ0v) is 19.4. The summed E-state index contributed by atoms with van der Waals surface area (Å²) in [5, 5.41) is 14.4. The van der Waals surface area contributed by atoms with Crippen LogP contribution < -0.4 is 11.1 Å². The molecule has 0 saturated heterocycles. The molecule has 0 aliphatic rings. The van der Waals surface area contributed by atoms with E-state index in [4.69, 9.17) is 5.73 Å². The largest absolute Gasteiger partial charge is 0.435 e. The number of nitrogens with zero attached hydrogens (tertiary/aromatic N) is 6. The molecule has 1 amide bonds. The van der Waals surface area contributed by atoms with E-state index in [-0.39, 0.29) is 13.1 Å². The molecule has 0 fully saturated rings. The normalized spacial score (nSPS) is 11.8. The number of nitrogen functional groups attached to an aromatic ring is 1. The van der Waals surface area contributed by atoms with E-state index in [2.05, 4.69) is 25.5 Å². The maximum atomic E-state index is 13.7. The van der Waals surface area contributed by atoms with Crippen molar-refractivity contribution in [3.05, 3.63) is 88.0 Å². The van der Waals surface area contributed by atoms with Crippen molar-refractivity contribution >= 4 is 33.8 Å². The number of nitrogens with two attached hydrogens (primary N) is 1. The summed E-state index contributed by atoms with van der Waals surface area (Å²) in [5.41, 5.74) is 5.29. The first-order chi connectivity index (χ1) is 17.3. The quantitative estimate of drug-likeness (QED) is 0.343. The summed E-state index contributed by atoms with van der Waals surface area (Å²) in [7, 11) is 0. The fraction of sp³-hybridized carbons (Fsp3) is 0.174. The molecule has 4 aromatic heterocycles. The van der Waals surface area contributed by atoms with Gasteiger partial charge in [-0.1, -0.05) is 12.1 Å². The number of carbonyl (C=O) groups excluding carboxylic acids is 1. The molecule has 1 aromatic carbocycles. The van der Waals surface area contributed by atoms with E-state index in [1.165, 1.54) is 11.3 Å². The number of alkyl halides is 3. The number of amides is 1. The second kappa shape index (κ2) is 9.41. The monoisotopic (exact) mass is 512 g/mol. The fourth-order valence-corrected chi connectivity index (χ4v) is 4.48. The Kier molecular flexibility index (Phi) is 6.14. The van der Waals surface area contributed by atoms with Crippen LogP contribution in [0, 0.1) is 0 Å². The average molecular weight is 513 g/mol. The highest BCUT2D eigenvalue weighted by Crippen LogP contribution is 2.31. The zero-order chi connectivity index (χ0) is 25.3. The van der Waals surface area contributed by atoms with Crippen molar-refractivity contribution in [3.63, 3.8) is 0 Å². The molecule has 4 heterocycles. The Morgan fingerprint density at radius 2 is 2.00 bits per heavy atom. The van der Waals surface area contributed by atoms with Gasteiger partial charge in [-0.15, -0.1) is 11.3 Å². The van der Waals surface area contributed by atoms with Gasteiger partial charge in [-0.25, -0.2) is 9.97 Å². The van der Waals surface area contributed by atoms with Crippen LogP contribution in [0.4, 0.5) is 19.0 Å². The van der Waals surface area contributed by atoms with Crippen molar-refractivity contribution in [2.45, 2.75) is 25.8 Å². The Morgan fingerprint density at radius 3 is 2.78 bits per heavy atom. The highest BCUT2D eigenvalue weighted by Gasteiger charge is 2.39. The molecule has 13 heteroatoms. The van der Waals surface area contributed by atoms with Crippen molar-refractivity contribution < 1.29 is 18.0 Å². The molecule has 9 nitrogen and oxygen atoms in total. The number of fused-ring (bicyclic) bond motifs is 1. The number of aromatic nitrogens is 6. The van der Waals surface area contributed by atoms with Crippen LogP contribution in [0.5, 0.6) is 0 Å². The van der Waals surface area contributed by atoms with E-state index in [0.29, 0.717) is 23.6 Å². The number of benzene rings is 1. The number of halogens is 3. The number of hydrogen-bond acceptors (Lipinski definition) is 7. The molecular formula is C23H19F3N8OS. The van der Waals surface area contributed by atoms with Crippen LogP contribution in [0.3, 0.4) is 0 Å². The van der Waals surface area contributed by atoms with Crippen molar-refractivity contribution in [3.8, 4) is 0 Å². The Labute approximate surface area is 206 Å². The summed E-state index contributed by atoms with van der Waals surface area (Å²) in [6, 6.07) is 8.84. The van der Waals surface area contributed by atoms with Crippen LogP contribution in [0.15, 0.2) is 60.5 Å². The topological polar surface area (TPSA) is 117 Å². The summed E-state index contributed by atoms with van der Waals surface area (Å²) < 4.78 is 43.7. The van der Waals surface area contributed by atoms with Crippen molar-refractivity contribution in [2.24, 2.45) is 0 Å². The summed E-state index contributed by atoms with van der Waals surface area (Å²) in [5.74, 6) is -0.500. The Balaban J connectivity index is 1.31. The number of anilines is 1. The lowest BCUT2D eigenvalue weighted by Crippen LogP contribution is -2.25. The third kappa shape index (κ3) is 5.05. The maximum absolute atomic E-state index is 13.7. The number of rotatable bonds is 7. The van der Waals surface area contributed by atoms with Crippen LogP contribution >= 0.6 is 11.3 Å². The Morgan fingerprint density at radius 1 is 1.14 bits per heavy atom. The van der Waals surface area contributed by atoms with Gasteiger partial charge in [0.2, 0.25) is 0 Å². The van der Waals surface area contributed by atoms with E-state index >= 15 is 0 Å². The molecule has 0 spiro atoms. The van der Waals surface area contributed by atoms with E-state index in [1.54, 1.807) is 59.0 Å². The molecule has 0 bridgehead atoms. The van der Waals surface area contributed by atoms with Crippen molar-refractivity contribution in [1.29, 1.82) is 0 Å². The van der Waals surface area contributed by atoms with Crippen LogP contribution in [-0.2, 0) is 25.8 Å². The number of carbonyl (C=O) groups is 1. The highest BCUT2D eigenvalue weighted by atomic mass is 32.1. The van der Waals surface area contributed by atoms with Gasteiger partial charge in [0.15, 0.2) is 5.69 Å². The minimum Gasteiger partial charge on any atom is -0.383 e. The molecule has 36 heavy (non-hydrogen) atoms. The lowest BCUT2D eigenvalue weighted by molar-refractivity contribution is -0.141. The Hall–Kier alpha value is -4.26. The maximum Gasteiger partial charge on any atom is 0.435 e. The van der Waals surface area contributed by atoms with E-state index < -0.39 is 23.3 Å².